The molecule has 0 fully saturated rings. The number of amides is 1. The largest absolute Gasteiger partial charge is 0.480 e. The maximum absolute atomic E-state index is 11.5. The predicted molar refractivity (Wildman–Crippen MR) is 68.0 cm³/mol. The van der Waals surface area contributed by atoms with Crippen molar-refractivity contribution in [2.45, 2.75) is 31.8 Å². The van der Waals surface area contributed by atoms with E-state index < -0.39 is 12.0 Å². The van der Waals surface area contributed by atoms with Crippen molar-refractivity contribution in [3.05, 3.63) is 35.9 Å². The van der Waals surface area contributed by atoms with Gasteiger partial charge < -0.3 is 16.2 Å². The third-order valence-electron chi connectivity index (χ3n) is 2.42. The third kappa shape index (κ3) is 4.97. The Morgan fingerprint density at radius 1 is 1.33 bits per heavy atom. The number of nitrogens with one attached hydrogen (secondary N) is 1. The summed E-state index contributed by atoms with van der Waals surface area (Å²) >= 11 is 0. The zero-order valence-electron chi connectivity index (χ0n) is 10.3. The normalized spacial score (nSPS) is 13.7. The maximum atomic E-state index is 11.5. The number of carboxylic acid groups (broad SMARTS) is 1. The summed E-state index contributed by atoms with van der Waals surface area (Å²) in [6.07, 6.45) is 0.388. The Labute approximate surface area is 106 Å². The lowest BCUT2D eigenvalue weighted by molar-refractivity contribution is -0.141. The molecule has 1 aromatic carbocycles. The highest BCUT2D eigenvalue weighted by Gasteiger charge is 2.20. The van der Waals surface area contributed by atoms with Crippen LogP contribution < -0.4 is 11.1 Å². The van der Waals surface area contributed by atoms with Crippen LogP contribution in [0.1, 0.15) is 18.9 Å². The van der Waals surface area contributed by atoms with E-state index in [4.69, 9.17) is 10.8 Å². The van der Waals surface area contributed by atoms with E-state index in [0.717, 1.165) is 5.56 Å². The number of carbonyl (C=O) groups excluding carboxylic acids is 1. The summed E-state index contributed by atoms with van der Waals surface area (Å²) in [5.41, 5.74) is 6.36. The van der Waals surface area contributed by atoms with Gasteiger partial charge in [-0.1, -0.05) is 30.3 Å². The van der Waals surface area contributed by atoms with Crippen LogP contribution in [0.4, 0.5) is 0 Å². The molecule has 4 N–H and O–H groups in total. The molecule has 0 aliphatic rings. The Hall–Kier alpha value is -1.88. The molecule has 18 heavy (non-hydrogen) atoms. The zero-order chi connectivity index (χ0) is 13.5. The van der Waals surface area contributed by atoms with Crippen LogP contribution in [-0.4, -0.2) is 29.1 Å². The van der Waals surface area contributed by atoms with E-state index in [1.54, 1.807) is 6.92 Å². The van der Waals surface area contributed by atoms with E-state index in [2.05, 4.69) is 5.32 Å². The molecule has 0 heterocycles. The Kier molecular flexibility index (Phi) is 5.32. The van der Waals surface area contributed by atoms with Gasteiger partial charge in [-0.25, -0.2) is 4.79 Å². The number of hydrogen-bond donors (Lipinski definition) is 3. The van der Waals surface area contributed by atoms with Crippen molar-refractivity contribution in [1.82, 2.24) is 5.32 Å². The summed E-state index contributed by atoms with van der Waals surface area (Å²) in [7, 11) is 0. The topological polar surface area (TPSA) is 92.4 Å². The Bertz CT molecular complexity index is 404. The second kappa shape index (κ2) is 6.76. The van der Waals surface area contributed by atoms with Gasteiger partial charge in [-0.05, 0) is 12.5 Å². The number of nitrogens with two attached hydrogens (primary N) is 1. The fourth-order valence-corrected chi connectivity index (χ4v) is 1.60. The smallest absolute Gasteiger partial charge is 0.326 e. The molecule has 0 bridgehead atoms. The van der Waals surface area contributed by atoms with E-state index >= 15 is 0 Å². The molecule has 1 rings (SSSR count). The van der Waals surface area contributed by atoms with Crippen molar-refractivity contribution in [2.24, 2.45) is 5.73 Å². The van der Waals surface area contributed by atoms with Gasteiger partial charge in [-0.15, -0.1) is 0 Å². The van der Waals surface area contributed by atoms with Crippen LogP contribution in [0.25, 0.3) is 0 Å². The average Bonchev–Trinajstić information content (AvgIpc) is 2.28. The fourth-order valence-electron chi connectivity index (χ4n) is 1.60. The minimum atomic E-state index is -1.04. The lowest BCUT2D eigenvalue weighted by Gasteiger charge is -2.15. The quantitative estimate of drug-likeness (QED) is 0.687. The first-order chi connectivity index (χ1) is 8.49. The van der Waals surface area contributed by atoms with E-state index in [1.165, 1.54) is 0 Å². The Morgan fingerprint density at radius 2 is 1.94 bits per heavy atom. The minimum Gasteiger partial charge on any atom is -0.480 e. The van der Waals surface area contributed by atoms with Crippen molar-refractivity contribution in [3.8, 4) is 0 Å². The summed E-state index contributed by atoms with van der Waals surface area (Å²) in [6, 6.07) is 7.97. The molecule has 2 unspecified atom stereocenters. The molecule has 0 aliphatic heterocycles. The summed E-state index contributed by atoms with van der Waals surface area (Å²) in [5.74, 6) is -1.38. The molecule has 2 atom stereocenters. The molecule has 1 aromatic rings. The lowest BCUT2D eigenvalue weighted by Crippen LogP contribution is -2.43. The molecular formula is C13H18N2O3. The van der Waals surface area contributed by atoms with Gasteiger partial charge in [-0.3, -0.25) is 4.79 Å². The van der Waals surface area contributed by atoms with Crippen LogP contribution in [0.15, 0.2) is 30.3 Å². The molecule has 0 aliphatic carbocycles. The van der Waals surface area contributed by atoms with E-state index in [-0.39, 0.29) is 24.8 Å². The summed E-state index contributed by atoms with van der Waals surface area (Å²) in [6.45, 7) is 1.70. The molecule has 1 amide bonds. The van der Waals surface area contributed by atoms with Gasteiger partial charge in [0.25, 0.3) is 0 Å². The SMILES string of the molecule is CC(N)CC(=O)NC(Cc1ccccc1)C(=O)O. The number of aliphatic carboxylic acids is 1. The first-order valence-corrected chi connectivity index (χ1v) is 5.80. The number of rotatable bonds is 6. The Morgan fingerprint density at radius 3 is 2.44 bits per heavy atom. The van der Waals surface area contributed by atoms with Gasteiger partial charge in [0.1, 0.15) is 6.04 Å². The van der Waals surface area contributed by atoms with Gasteiger partial charge in [0.05, 0.1) is 0 Å². The second-order valence-electron chi connectivity index (χ2n) is 4.33. The molecule has 5 heteroatoms. The van der Waals surface area contributed by atoms with E-state index in [9.17, 15) is 9.59 Å². The molecule has 98 valence electrons. The first-order valence-electron chi connectivity index (χ1n) is 5.80. The maximum Gasteiger partial charge on any atom is 0.326 e. The van der Waals surface area contributed by atoms with Crippen LogP contribution in [0.3, 0.4) is 0 Å². The van der Waals surface area contributed by atoms with Crippen molar-refractivity contribution < 1.29 is 14.7 Å². The van der Waals surface area contributed by atoms with Crippen molar-refractivity contribution in [1.29, 1.82) is 0 Å². The fraction of sp³-hybridized carbons (Fsp3) is 0.385. The van der Waals surface area contributed by atoms with Crippen LogP contribution in [0.5, 0.6) is 0 Å². The van der Waals surface area contributed by atoms with E-state index in [1.807, 2.05) is 30.3 Å². The molecular weight excluding hydrogens is 232 g/mol. The molecule has 0 saturated heterocycles. The first kappa shape index (κ1) is 14.2. The molecule has 0 aromatic heterocycles. The number of carboxylic acids is 1. The number of hydrogen-bond acceptors (Lipinski definition) is 3. The highest BCUT2D eigenvalue weighted by atomic mass is 16.4. The summed E-state index contributed by atoms with van der Waals surface area (Å²) < 4.78 is 0. The monoisotopic (exact) mass is 250 g/mol. The highest BCUT2D eigenvalue weighted by Crippen LogP contribution is 2.04. The van der Waals surface area contributed by atoms with Crippen LogP contribution in [-0.2, 0) is 16.0 Å². The van der Waals surface area contributed by atoms with Gasteiger partial charge in [-0.2, -0.15) is 0 Å². The zero-order valence-corrected chi connectivity index (χ0v) is 10.3. The third-order valence-corrected chi connectivity index (χ3v) is 2.42. The summed E-state index contributed by atoms with van der Waals surface area (Å²) in [4.78, 5) is 22.6. The number of carbonyl (C=O) groups is 2. The standard InChI is InChI=1S/C13H18N2O3/c1-9(14)7-12(16)15-11(13(17)18)8-10-5-3-2-4-6-10/h2-6,9,11H,7-8,14H2,1H3,(H,15,16)(H,17,18). The molecule has 5 nitrogen and oxygen atoms in total. The highest BCUT2D eigenvalue weighted by molar-refractivity contribution is 5.84. The Balaban J connectivity index is 2.61. The van der Waals surface area contributed by atoms with Crippen LogP contribution >= 0.6 is 0 Å². The van der Waals surface area contributed by atoms with Crippen LogP contribution in [0, 0.1) is 0 Å². The van der Waals surface area contributed by atoms with Gasteiger partial charge in [0.15, 0.2) is 0 Å². The van der Waals surface area contributed by atoms with Gasteiger partial charge in [0, 0.05) is 18.9 Å². The predicted octanol–water partition coefficient (Wildman–Crippen LogP) is 0.536. The summed E-state index contributed by atoms with van der Waals surface area (Å²) in [5, 5.41) is 11.5. The average molecular weight is 250 g/mol. The van der Waals surface area contributed by atoms with Gasteiger partial charge in [0.2, 0.25) is 5.91 Å². The number of benzene rings is 1. The van der Waals surface area contributed by atoms with Gasteiger partial charge >= 0.3 is 5.97 Å². The van der Waals surface area contributed by atoms with Crippen molar-refractivity contribution in [2.75, 3.05) is 0 Å². The van der Waals surface area contributed by atoms with Crippen LogP contribution in [0.2, 0.25) is 0 Å². The minimum absolute atomic E-state index is 0.124. The lowest BCUT2D eigenvalue weighted by atomic mass is 10.1. The molecule has 0 spiro atoms. The molecule has 0 saturated carbocycles. The second-order valence-corrected chi connectivity index (χ2v) is 4.33. The molecule has 0 radical (unpaired) electrons. The van der Waals surface area contributed by atoms with Crippen molar-refractivity contribution in [3.63, 3.8) is 0 Å². The van der Waals surface area contributed by atoms with E-state index in [0.29, 0.717) is 0 Å². The van der Waals surface area contributed by atoms with Crippen molar-refractivity contribution >= 4 is 11.9 Å².